The van der Waals surface area contributed by atoms with Gasteiger partial charge in [0.05, 0.1) is 6.54 Å². The Labute approximate surface area is 114 Å². The summed E-state index contributed by atoms with van der Waals surface area (Å²) in [5.41, 5.74) is 2.71. The molecular formula is C16H20N2O. The molecule has 1 aliphatic rings. The molecule has 2 aromatic rings. The Bertz CT molecular complexity index is 547. The fourth-order valence-corrected chi connectivity index (χ4v) is 2.71. The number of fused-ring (bicyclic) bond motifs is 1. The third-order valence-corrected chi connectivity index (χ3v) is 3.69. The molecule has 0 aliphatic carbocycles. The van der Waals surface area contributed by atoms with Gasteiger partial charge in [-0.1, -0.05) is 18.2 Å². The summed E-state index contributed by atoms with van der Waals surface area (Å²) < 4.78 is 5.57. The molecule has 0 amide bonds. The van der Waals surface area contributed by atoms with Crippen LogP contribution >= 0.6 is 0 Å². The number of hydrogen-bond donors (Lipinski definition) is 2. The second-order valence-corrected chi connectivity index (χ2v) is 5.14. The van der Waals surface area contributed by atoms with Crippen LogP contribution in [0.5, 0.6) is 0 Å². The molecule has 1 aromatic carbocycles. The molecule has 3 heteroatoms. The number of rotatable bonds is 4. The number of anilines is 1. The summed E-state index contributed by atoms with van der Waals surface area (Å²) >= 11 is 0. The Morgan fingerprint density at radius 1 is 1.26 bits per heavy atom. The van der Waals surface area contributed by atoms with Gasteiger partial charge in [0, 0.05) is 24.7 Å². The summed E-state index contributed by atoms with van der Waals surface area (Å²) in [6.45, 7) is 4.84. The summed E-state index contributed by atoms with van der Waals surface area (Å²) in [6.07, 6.45) is 1.18. The van der Waals surface area contributed by atoms with E-state index in [1.807, 2.05) is 19.1 Å². The van der Waals surface area contributed by atoms with E-state index in [9.17, 15) is 0 Å². The van der Waals surface area contributed by atoms with E-state index in [4.69, 9.17) is 4.42 Å². The Hall–Kier alpha value is -1.74. The normalized spacial score (nSPS) is 17.8. The number of para-hydroxylation sites is 1. The second kappa shape index (κ2) is 5.49. The molecule has 0 bridgehead atoms. The highest BCUT2D eigenvalue weighted by Crippen LogP contribution is 2.30. The molecule has 3 nitrogen and oxygen atoms in total. The van der Waals surface area contributed by atoms with Crippen molar-refractivity contribution in [2.24, 2.45) is 0 Å². The highest BCUT2D eigenvalue weighted by atomic mass is 16.3. The van der Waals surface area contributed by atoms with Gasteiger partial charge in [-0.3, -0.25) is 0 Å². The maximum Gasteiger partial charge on any atom is 0.117 e. The van der Waals surface area contributed by atoms with E-state index in [-0.39, 0.29) is 0 Å². The van der Waals surface area contributed by atoms with Crippen molar-refractivity contribution in [1.82, 2.24) is 5.32 Å². The lowest BCUT2D eigenvalue weighted by molar-refractivity contribution is 0.450. The van der Waals surface area contributed by atoms with Crippen LogP contribution in [0.15, 0.2) is 40.8 Å². The first kappa shape index (κ1) is 12.3. The van der Waals surface area contributed by atoms with E-state index in [0.29, 0.717) is 5.92 Å². The molecular weight excluding hydrogens is 236 g/mol. The predicted molar refractivity (Wildman–Crippen MR) is 77.4 cm³/mol. The molecule has 1 aliphatic heterocycles. The first-order valence-electron chi connectivity index (χ1n) is 6.92. The summed E-state index contributed by atoms with van der Waals surface area (Å²) in [4.78, 5) is 0. The van der Waals surface area contributed by atoms with Gasteiger partial charge in [-0.15, -0.1) is 0 Å². The lowest BCUT2D eigenvalue weighted by Gasteiger charge is -2.26. The predicted octanol–water partition coefficient (Wildman–Crippen LogP) is 3.28. The third-order valence-electron chi connectivity index (χ3n) is 3.69. The van der Waals surface area contributed by atoms with Crippen molar-refractivity contribution in [2.75, 3.05) is 18.4 Å². The van der Waals surface area contributed by atoms with Gasteiger partial charge in [0.25, 0.3) is 0 Å². The van der Waals surface area contributed by atoms with Crippen molar-refractivity contribution in [3.8, 4) is 0 Å². The van der Waals surface area contributed by atoms with E-state index in [2.05, 4.69) is 34.9 Å². The highest BCUT2D eigenvalue weighted by Gasteiger charge is 2.18. The molecule has 100 valence electrons. The van der Waals surface area contributed by atoms with Crippen LogP contribution in [-0.2, 0) is 6.54 Å². The van der Waals surface area contributed by atoms with E-state index >= 15 is 0 Å². The maximum atomic E-state index is 5.57. The fourth-order valence-electron chi connectivity index (χ4n) is 2.71. The zero-order chi connectivity index (χ0) is 13.1. The molecule has 0 saturated heterocycles. The van der Waals surface area contributed by atoms with Gasteiger partial charge in [0.15, 0.2) is 0 Å². The first-order valence-corrected chi connectivity index (χ1v) is 6.92. The molecule has 0 radical (unpaired) electrons. The Morgan fingerprint density at radius 2 is 2.16 bits per heavy atom. The van der Waals surface area contributed by atoms with Gasteiger partial charge in [0.2, 0.25) is 0 Å². The number of hydrogen-bond acceptors (Lipinski definition) is 3. The van der Waals surface area contributed by atoms with Crippen LogP contribution in [-0.4, -0.2) is 13.1 Å². The number of furan rings is 1. The Morgan fingerprint density at radius 3 is 3.00 bits per heavy atom. The van der Waals surface area contributed by atoms with Crippen LogP contribution in [0.3, 0.4) is 0 Å². The monoisotopic (exact) mass is 256 g/mol. The van der Waals surface area contributed by atoms with Gasteiger partial charge in [-0.25, -0.2) is 0 Å². The van der Waals surface area contributed by atoms with Crippen LogP contribution in [0.2, 0.25) is 0 Å². The minimum Gasteiger partial charge on any atom is -0.465 e. The molecule has 1 unspecified atom stereocenters. The van der Waals surface area contributed by atoms with Crippen LogP contribution in [0.4, 0.5) is 5.69 Å². The third kappa shape index (κ3) is 2.82. The molecule has 3 rings (SSSR count). The first-order chi connectivity index (χ1) is 9.33. The maximum absolute atomic E-state index is 5.57. The van der Waals surface area contributed by atoms with Crippen LogP contribution in [0, 0.1) is 6.92 Å². The smallest absolute Gasteiger partial charge is 0.117 e. The number of benzene rings is 1. The minimum atomic E-state index is 0.591. The van der Waals surface area contributed by atoms with E-state index in [1.165, 1.54) is 17.7 Å². The van der Waals surface area contributed by atoms with Gasteiger partial charge >= 0.3 is 0 Å². The SMILES string of the molecule is Cc1ccc(CNCC2CCNc3ccccc32)o1. The quantitative estimate of drug-likeness (QED) is 0.881. The molecule has 2 heterocycles. The molecule has 0 spiro atoms. The molecule has 1 aromatic heterocycles. The number of nitrogens with one attached hydrogen (secondary N) is 2. The van der Waals surface area contributed by atoms with Crippen molar-refractivity contribution < 1.29 is 4.42 Å². The average Bonchev–Trinajstić information content (AvgIpc) is 2.85. The summed E-state index contributed by atoms with van der Waals surface area (Å²) in [6, 6.07) is 12.7. The second-order valence-electron chi connectivity index (χ2n) is 5.14. The van der Waals surface area contributed by atoms with E-state index < -0.39 is 0 Å². The standard InChI is InChI=1S/C16H20N2O/c1-12-6-7-14(19-12)11-17-10-13-8-9-18-16-5-3-2-4-15(13)16/h2-7,13,17-18H,8-11H2,1H3. The number of aryl methyl sites for hydroxylation is 1. The molecule has 0 saturated carbocycles. The van der Waals surface area contributed by atoms with Crippen LogP contribution < -0.4 is 10.6 Å². The topological polar surface area (TPSA) is 37.2 Å². The lowest BCUT2D eigenvalue weighted by Crippen LogP contribution is -2.26. The summed E-state index contributed by atoms with van der Waals surface area (Å²) in [5, 5.41) is 6.96. The van der Waals surface area contributed by atoms with Crippen molar-refractivity contribution in [3.63, 3.8) is 0 Å². The molecule has 19 heavy (non-hydrogen) atoms. The Balaban J connectivity index is 1.59. The summed E-state index contributed by atoms with van der Waals surface area (Å²) in [7, 11) is 0. The largest absolute Gasteiger partial charge is 0.465 e. The van der Waals surface area contributed by atoms with Crippen LogP contribution in [0.1, 0.15) is 29.4 Å². The fraction of sp³-hybridized carbons (Fsp3) is 0.375. The molecule has 1 atom stereocenters. The van der Waals surface area contributed by atoms with Crippen molar-refractivity contribution in [2.45, 2.75) is 25.8 Å². The zero-order valence-electron chi connectivity index (χ0n) is 11.3. The van der Waals surface area contributed by atoms with Crippen molar-refractivity contribution in [3.05, 3.63) is 53.5 Å². The van der Waals surface area contributed by atoms with Crippen molar-refractivity contribution in [1.29, 1.82) is 0 Å². The summed E-state index contributed by atoms with van der Waals surface area (Å²) in [5.74, 6) is 2.58. The highest BCUT2D eigenvalue weighted by molar-refractivity contribution is 5.54. The van der Waals surface area contributed by atoms with Gasteiger partial charge in [0.1, 0.15) is 11.5 Å². The zero-order valence-corrected chi connectivity index (χ0v) is 11.3. The van der Waals surface area contributed by atoms with Crippen LogP contribution in [0.25, 0.3) is 0 Å². The van der Waals surface area contributed by atoms with Gasteiger partial charge in [-0.05, 0) is 37.1 Å². The van der Waals surface area contributed by atoms with E-state index in [0.717, 1.165) is 31.2 Å². The average molecular weight is 256 g/mol. The molecule has 0 fully saturated rings. The van der Waals surface area contributed by atoms with Gasteiger partial charge < -0.3 is 15.1 Å². The van der Waals surface area contributed by atoms with E-state index in [1.54, 1.807) is 0 Å². The molecule has 2 N–H and O–H groups in total. The Kier molecular flexibility index (Phi) is 3.56. The minimum absolute atomic E-state index is 0.591. The van der Waals surface area contributed by atoms with Crippen molar-refractivity contribution >= 4 is 5.69 Å². The van der Waals surface area contributed by atoms with Gasteiger partial charge in [-0.2, -0.15) is 0 Å². The lowest BCUT2D eigenvalue weighted by atomic mass is 9.91.